The lowest BCUT2D eigenvalue weighted by Gasteiger charge is -2.04. The third-order valence-electron chi connectivity index (χ3n) is 7.47. The summed E-state index contributed by atoms with van der Waals surface area (Å²) >= 11 is 0. The minimum Gasteiger partial charge on any atom is -0.461 e. The van der Waals surface area contributed by atoms with Gasteiger partial charge in [-0.3, -0.25) is 4.79 Å². The Morgan fingerprint density at radius 2 is 0.950 bits per heavy atom. The molecule has 0 bridgehead atoms. The number of hydrogen-bond donors (Lipinski definition) is 0. The minimum absolute atomic E-state index is 0.0541. The van der Waals surface area contributed by atoms with Crippen molar-refractivity contribution in [3.05, 3.63) is 58.7 Å². The molecule has 0 aromatic heterocycles. The second-order valence-electron chi connectivity index (χ2n) is 12.1. The molecule has 0 heterocycles. The maximum atomic E-state index is 12.0. The van der Waals surface area contributed by atoms with Gasteiger partial charge in [-0.1, -0.05) is 111 Å². The van der Waals surface area contributed by atoms with Gasteiger partial charge in [-0.15, -0.1) is 0 Å². The highest BCUT2D eigenvalue weighted by Crippen LogP contribution is 2.14. The Balaban J connectivity index is 3.72. The summed E-state index contributed by atoms with van der Waals surface area (Å²) in [4.78, 5) is 12.0. The Bertz CT molecular complexity index is 758. The van der Waals surface area contributed by atoms with E-state index in [1.807, 2.05) is 0 Å². The fourth-order valence-electron chi connectivity index (χ4n) is 4.68. The maximum Gasteiger partial charge on any atom is 0.306 e. The van der Waals surface area contributed by atoms with E-state index in [1.165, 1.54) is 99.3 Å². The second-order valence-corrected chi connectivity index (χ2v) is 12.1. The molecule has 2 heteroatoms. The summed E-state index contributed by atoms with van der Waals surface area (Å²) in [5, 5.41) is 0. The van der Waals surface area contributed by atoms with Crippen molar-refractivity contribution in [3.63, 3.8) is 0 Å². The van der Waals surface area contributed by atoms with Gasteiger partial charge in [0.05, 0.1) is 0 Å². The summed E-state index contributed by atoms with van der Waals surface area (Å²) in [5.41, 5.74) is 5.67. The summed E-state index contributed by atoms with van der Waals surface area (Å²) in [7, 11) is 0. The zero-order chi connectivity index (χ0) is 29.7. The zero-order valence-electron chi connectivity index (χ0n) is 27.6. The molecule has 0 aliphatic carbocycles. The van der Waals surface area contributed by atoms with Crippen molar-refractivity contribution < 1.29 is 9.53 Å². The molecule has 0 amide bonds. The van der Waals surface area contributed by atoms with Crippen molar-refractivity contribution in [2.75, 3.05) is 6.61 Å². The van der Waals surface area contributed by atoms with Gasteiger partial charge in [0.1, 0.15) is 6.61 Å². The van der Waals surface area contributed by atoms with E-state index in [0.717, 1.165) is 44.9 Å². The molecule has 0 aromatic carbocycles. The van der Waals surface area contributed by atoms with E-state index in [2.05, 4.69) is 78.0 Å². The van der Waals surface area contributed by atoms with Gasteiger partial charge in [-0.25, -0.2) is 0 Å². The quantitative estimate of drug-likeness (QED) is 0.0603. The van der Waals surface area contributed by atoms with E-state index in [4.69, 9.17) is 4.74 Å². The van der Waals surface area contributed by atoms with Gasteiger partial charge < -0.3 is 4.74 Å². The van der Waals surface area contributed by atoms with Gasteiger partial charge in [-0.05, 0) is 111 Å². The number of esters is 1. The van der Waals surface area contributed by atoms with Crippen LogP contribution in [-0.2, 0) is 9.53 Å². The Hall–Kier alpha value is -1.83. The molecular formula is C38H66O2. The fourth-order valence-corrected chi connectivity index (χ4v) is 4.68. The molecule has 0 aromatic rings. The van der Waals surface area contributed by atoms with E-state index in [0.29, 0.717) is 13.0 Å². The molecule has 0 spiro atoms. The number of ether oxygens (including phenoxy) is 1. The molecule has 2 nitrogen and oxygen atoms in total. The molecule has 0 aliphatic rings. The fraction of sp³-hybridized carbons (Fsp3) is 0.711. The number of unbranched alkanes of at least 4 members (excludes halogenated alkanes) is 11. The standard InChI is InChI=1S/C38H66O2/c1-7-8-9-10-11-12-13-14-15-16-17-18-19-20-21-31-38(39)40-33-32-37(6)30-24-29-36(5)28-23-27-35(4)26-22-25-34(2)3/h14-15,25,27,29,32H,7-13,16-24,26,28,30-31,33H2,1-6H3/b15-14+,35-27+,36-29?,37-32+. The van der Waals surface area contributed by atoms with Crippen molar-refractivity contribution >= 4 is 5.97 Å². The number of carbonyl (C=O) groups excluding carboxylic acids is 1. The van der Waals surface area contributed by atoms with Crippen LogP contribution in [0.4, 0.5) is 0 Å². The summed E-state index contributed by atoms with van der Waals surface area (Å²) in [6.07, 6.45) is 37.6. The van der Waals surface area contributed by atoms with Crippen molar-refractivity contribution in [1.29, 1.82) is 0 Å². The third kappa shape index (κ3) is 29.2. The van der Waals surface area contributed by atoms with Crippen LogP contribution in [0.3, 0.4) is 0 Å². The molecule has 0 saturated carbocycles. The summed E-state index contributed by atoms with van der Waals surface area (Å²) < 4.78 is 5.43. The van der Waals surface area contributed by atoms with E-state index < -0.39 is 0 Å². The predicted octanol–water partition coefficient (Wildman–Crippen LogP) is 12.7. The van der Waals surface area contributed by atoms with Gasteiger partial charge in [0, 0.05) is 6.42 Å². The molecule has 0 saturated heterocycles. The van der Waals surface area contributed by atoms with Crippen LogP contribution < -0.4 is 0 Å². The van der Waals surface area contributed by atoms with Crippen molar-refractivity contribution in [3.8, 4) is 0 Å². The van der Waals surface area contributed by atoms with Crippen molar-refractivity contribution in [2.24, 2.45) is 0 Å². The van der Waals surface area contributed by atoms with E-state index >= 15 is 0 Å². The first-order valence-corrected chi connectivity index (χ1v) is 16.8. The van der Waals surface area contributed by atoms with Crippen LogP contribution in [-0.4, -0.2) is 12.6 Å². The number of carbonyl (C=O) groups is 1. The Morgan fingerprint density at radius 1 is 0.500 bits per heavy atom. The van der Waals surface area contributed by atoms with Crippen LogP contribution in [0.2, 0.25) is 0 Å². The average Bonchev–Trinajstić information content (AvgIpc) is 2.90. The summed E-state index contributed by atoms with van der Waals surface area (Å²) in [6.45, 7) is 13.6. The molecule has 230 valence electrons. The van der Waals surface area contributed by atoms with Gasteiger partial charge in [0.2, 0.25) is 0 Å². The highest BCUT2D eigenvalue weighted by atomic mass is 16.5. The highest BCUT2D eigenvalue weighted by molar-refractivity contribution is 5.69. The molecule has 0 unspecified atom stereocenters. The number of allylic oxidation sites excluding steroid dienone is 9. The molecule has 0 aliphatic heterocycles. The molecule has 0 rings (SSSR count). The summed E-state index contributed by atoms with van der Waals surface area (Å²) in [6, 6.07) is 0. The minimum atomic E-state index is -0.0541. The number of hydrogen-bond acceptors (Lipinski definition) is 2. The average molecular weight is 555 g/mol. The number of rotatable bonds is 26. The Labute approximate surface area is 250 Å². The lowest BCUT2D eigenvalue weighted by molar-refractivity contribution is -0.142. The molecule has 0 fully saturated rings. The first kappa shape index (κ1) is 38.2. The monoisotopic (exact) mass is 555 g/mol. The van der Waals surface area contributed by atoms with Gasteiger partial charge in [-0.2, -0.15) is 0 Å². The highest BCUT2D eigenvalue weighted by Gasteiger charge is 2.02. The molecule has 0 radical (unpaired) electrons. The second kappa shape index (κ2) is 28.7. The molecular weight excluding hydrogens is 488 g/mol. The lowest BCUT2D eigenvalue weighted by atomic mass is 10.0. The molecule has 0 atom stereocenters. The smallest absolute Gasteiger partial charge is 0.306 e. The van der Waals surface area contributed by atoms with Crippen molar-refractivity contribution in [1.82, 2.24) is 0 Å². The van der Waals surface area contributed by atoms with Crippen LogP contribution >= 0.6 is 0 Å². The third-order valence-corrected chi connectivity index (χ3v) is 7.47. The largest absolute Gasteiger partial charge is 0.461 e. The molecule has 0 N–H and O–H groups in total. The SMILES string of the molecule is CCCCCCCC/C=C/CCCCCCCC(=O)OC/C=C(\C)CCC=C(C)CC/C=C(\C)CCC=C(C)C. The molecule has 40 heavy (non-hydrogen) atoms. The normalized spacial score (nSPS) is 12.8. The van der Waals surface area contributed by atoms with E-state index in [-0.39, 0.29) is 5.97 Å². The van der Waals surface area contributed by atoms with E-state index in [9.17, 15) is 4.79 Å². The Kier molecular flexibility index (Phi) is 27.4. The first-order valence-electron chi connectivity index (χ1n) is 16.8. The van der Waals surface area contributed by atoms with Crippen LogP contribution in [0, 0.1) is 0 Å². The summed E-state index contributed by atoms with van der Waals surface area (Å²) in [5.74, 6) is -0.0541. The van der Waals surface area contributed by atoms with Gasteiger partial charge >= 0.3 is 5.97 Å². The Morgan fingerprint density at radius 3 is 1.48 bits per heavy atom. The van der Waals surface area contributed by atoms with Gasteiger partial charge in [0.25, 0.3) is 0 Å². The van der Waals surface area contributed by atoms with Gasteiger partial charge in [0.15, 0.2) is 0 Å². The van der Waals surface area contributed by atoms with Crippen LogP contribution in [0.25, 0.3) is 0 Å². The van der Waals surface area contributed by atoms with E-state index in [1.54, 1.807) is 0 Å². The van der Waals surface area contributed by atoms with Crippen LogP contribution in [0.5, 0.6) is 0 Å². The predicted molar refractivity (Wildman–Crippen MR) is 179 cm³/mol. The topological polar surface area (TPSA) is 26.3 Å². The first-order chi connectivity index (χ1) is 19.3. The lowest BCUT2D eigenvalue weighted by Crippen LogP contribution is -2.04. The zero-order valence-corrected chi connectivity index (χ0v) is 27.6. The van der Waals surface area contributed by atoms with Crippen LogP contribution in [0.1, 0.15) is 170 Å². The van der Waals surface area contributed by atoms with Crippen LogP contribution in [0.15, 0.2) is 58.7 Å². The van der Waals surface area contributed by atoms with Crippen molar-refractivity contribution in [2.45, 2.75) is 170 Å². The maximum absolute atomic E-state index is 12.0.